The van der Waals surface area contributed by atoms with Gasteiger partial charge < -0.3 is 35.5 Å². The second-order valence-electron chi connectivity index (χ2n) is 13.5. The lowest BCUT2D eigenvalue weighted by Gasteiger charge is -2.40. The number of rotatable bonds is 20. The van der Waals surface area contributed by atoms with Crippen molar-refractivity contribution in [1.29, 1.82) is 0 Å². The number of hydrogen-bond donors (Lipinski definition) is 4. The third kappa shape index (κ3) is 16.3. The van der Waals surface area contributed by atoms with Gasteiger partial charge in [-0.2, -0.15) is 0 Å². The van der Waals surface area contributed by atoms with E-state index in [0.29, 0.717) is 69.7 Å². The molecule has 1 atom stereocenters. The van der Waals surface area contributed by atoms with E-state index in [0.717, 1.165) is 5.56 Å². The fraction of sp³-hybridized carbons (Fsp3) is 0.750. The van der Waals surface area contributed by atoms with E-state index in [4.69, 9.17) is 19.9 Å². The maximum Gasteiger partial charge on any atom is 0.220 e. The molecule has 9 heteroatoms. The van der Waals surface area contributed by atoms with Crippen LogP contribution in [0.1, 0.15) is 104 Å². The Labute approximate surface area is 247 Å². The zero-order valence-corrected chi connectivity index (χ0v) is 26.9. The van der Waals surface area contributed by atoms with Gasteiger partial charge in [0.25, 0.3) is 0 Å². The lowest BCUT2D eigenvalue weighted by Crippen LogP contribution is -2.45. The summed E-state index contributed by atoms with van der Waals surface area (Å²) in [4.78, 5) is 24.0. The molecule has 0 bridgehead atoms. The maximum absolute atomic E-state index is 12.3. The van der Waals surface area contributed by atoms with Gasteiger partial charge in [-0.15, -0.1) is 0 Å². The molecule has 0 aliphatic heterocycles. The highest BCUT2D eigenvalue weighted by atomic mass is 16.5. The molecule has 1 rings (SSSR count). The largest absolute Gasteiger partial charge is 0.398 e. The van der Waals surface area contributed by atoms with Gasteiger partial charge in [-0.1, -0.05) is 6.07 Å². The van der Waals surface area contributed by atoms with Crippen LogP contribution in [-0.4, -0.2) is 77.3 Å². The Morgan fingerprint density at radius 1 is 0.976 bits per heavy atom. The summed E-state index contributed by atoms with van der Waals surface area (Å²) in [5.41, 5.74) is 4.86. The summed E-state index contributed by atoms with van der Waals surface area (Å²) in [7, 11) is 0. The number of nitrogens with one attached hydrogen (secondary N) is 1. The Morgan fingerprint density at radius 2 is 1.63 bits per heavy atom. The number of hydrogen-bond acceptors (Lipinski definition) is 8. The first-order valence-corrected chi connectivity index (χ1v) is 14.7. The smallest absolute Gasteiger partial charge is 0.220 e. The van der Waals surface area contributed by atoms with Crippen LogP contribution in [0.4, 0.5) is 5.69 Å². The maximum atomic E-state index is 12.3. The molecule has 0 saturated carbocycles. The number of carbonyl (C=O) groups excluding carboxylic acids is 2. The predicted octanol–water partition coefficient (Wildman–Crippen LogP) is 4.46. The second kappa shape index (κ2) is 16.0. The average Bonchev–Trinajstić information content (AvgIpc) is 2.82. The van der Waals surface area contributed by atoms with Gasteiger partial charge in [-0.3, -0.25) is 9.59 Å². The van der Waals surface area contributed by atoms with Crippen molar-refractivity contribution in [1.82, 2.24) is 5.32 Å². The summed E-state index contributed by atoms with van der Waals surface area (Å²) in [6.07, 6.45) is 2.69. The van der Waals surface area contributed by atoms with Crippen LogP contribution in [0.25, 0.3) is 0 Å². The Morgan fingerprint density at radius 3 is 2.22 bits per heavy atom. The summed E-state index contributed by atoms with van der Waals surface area (Å²) in [6, 6.07) is 5.29. The molecule has 1 aromatic rings. The highest BCUT2D eigenvalue weighted by Crippen LogP contribution is 2.32. The fourth-order valence-electron chi connectivity index (χ4n) is 4.25. The van der Waals surface area contributed by atoms with Gasteiger partial charge >= 0.3 is 0 Å². The zero-order chi connectivity index (χ0) is 31.5. The van der Waals surface area contributed by atoms with E-state index in [1.807, 2.05) is 33.8 Å². The van der Waals surface area contributed by atoms with Gasteiger partial charge in [0, 0.05) is 36.7 Å². The predicted molar refractivity (Wildman–Crippen MR) is 163 cm³/mol. The van der Waals surface area contributed by atoms with Gasteiger partial charge in [-0.25, -0.2) is 0 Å². The molecule has 1 amide bonds. The van der Waals surface area contributed by atoms with Crippen LogP contribution in [-0.2, 0) is 25.4 Å². The summed E-state index contributed by atoms with van der Waals surface area (Å²) in [5, 5.41) is 23.2. The number of aryl methyl sites for hydroxylation is 1. The van der Waals surface area contributed by atoms with Gasteiger partial charge in [0.2, 0.25) is 5.91 Å². The van der Waals surface area contributed by atoms with Crippen molar-refractivity contribution in [3.05, 3.63) is 29.3 Å². The summed E-state index contributed by atoms with van der Waals surface area (Å²) in [5.74, 6) is -0.184. The van der Waals surface area contributed by atoms with Crippen molar-refractivity contribution < 1.29 is 34.0 Å². The Bertz CT molecular complexity index is 962. The van der Waals surface area contributed by atoms with Gasteiger partial charge in [0.1, 0.15) is 0 Å². The number of benzene rings is 1. The molecule has 0 spiro atoms. The highest BCUT2D eigenvalue weighted by molar-refractivity contribution is 5.99. The average molecular weight is 581 g/mol. The van der Waals surface area contributed by atoms with Crippen LogP contribution in [0.5, 0.6) is 0 Å². The zero-order valence-electron chi connectivity index (χ0n) is 26.9. The third-order valence-corrected chi connectivity index (χ3v) is 6.97. The third-order valence-electron chi connectivity index (χ3n) is 6.97. The molecule has 0 aromatic heterocycles. The first-order chi connectivity index (χ1) is 18.7. The molecule has 0 aliphatic rings. The van der Waals surface area contributed by atoms with Crippen LogP contribution in [0.2, 0.25) is 0 Å². The normalized spacial score (nSPS) is 13.7. The molecule has 236 valence electrons. The fourth-order valence-corrected chi connectivity index (χ4v) is 4.25. The Balaban J connectivity index is 2.57. The summed E-state index contributed by atoms with van der Waals surface area (Å²) in [6.45, 7) is 18.5. The number of amides is 1. The number of nitrogens with two attached hydrogens (primary N) is 1. The molecule has 0 aliphatic carbocycles. The van der Waals surface area contributed by atoms with Crippen LogP contribution < -0.4 is 11.1 Å². The Hall–Kier alpha value is -2.04. The number of anilines is 1. The van der Waals surface area contributed by atoms with Crippen molar-refractivity contribution in [3.63, 3.8) is 0 Å². The molecular weight excluding hydrogens is 524 g/mol. The van der Waals surface area contributed by atoms with E-state index in [1.165, 1.54) is 6.92 Å². The number of ketones is 1. The number of aliphatic hydroxyl groups is 2. The van der Waals surface area contributed by atoms with E-state index in [-0.39, 0.29) is 24.2 Å². The quantitative estimate of drug-likeness (QED) is 0.101. The summed E-state index contributed by atoms with van der Waals surface area (Å²) < 4.78 is 18.3. The number of ether oxygens (including phenoxy) is 3. The Kier molecular flexibility index (Phi) is 14.4. The molecule has 5 N–H and O–H groups in total. The first-order valence-electron chi connectivity index (χ1n) is 14.7. The molecule has 0 heterocycles. The number of Topliss-reactive ketones (excluding diaryl/α,β-unsaturated/α-hetero) is 1. The van der Waals surface area contributed by atoms with E-state index in [1.54, 1.807) is 39.8 Å². The molecular formula is C32H56N2O7. The minimum atomic E-state index is -0.955. The minimum Gasteiger partial charge on any atom is -0.398 e. The highest BCUT2D eigenvalue weighted by Gasteiger charge is 2.37. The van der Waals surface area contributed by atoms with E-state index in [2.05, 4.69) is 5.32 Å². The van der Waals surface area contributed by atoms with E-state index >= 15 is 0 Å². The molecule has 1 unspecified atom stereocenters. The summed E-state index contributed by atoms with van der Waals surface area (Å²) >= 11 is 0. The van der Waals surface area contributed by atoms with Crippen molar-refractivity contribution in [2.75, 3.05) is 38.7 Å². The van der Waals surface area contributed by atoms with Crippen LogP contribution in [0.15, 0.2) is 18.2 Å². The lowest BCUT2D eigenvalue weighted by molar-refractivity contribution is -0.147. The number of carbonyl (C=O) groups is 2. The van der Waals surface area contributed by atoms with Crippen molar-refractivity contribution in [3.8, 4) is 0 Å². The van der Waals surface area contributed by atoms with E-state index < -0.39 is 22.4 Å². The minimum absolute atomic E-state index is 0.0311. The monoisotopic (exact) mass is 580 g/mol. The first kappa shape index (κ1) is 37.0. The van der Waals surface area contributed by atoms with Crippen molar-refractivity contribution in [2.45, 2.75) is 117 Å². The molecule has 41 heavy (non-hydrogen) atoms. The molecule has 0 radical (unpaired) electrons. The SMILES string of the molecule is CC(=O)c1cc(CCC(=O)NCCCOCC(CC(C)(C)OCCC(C)(C)O)C(C)(C)OCC(C)(C)O)ccc1N. The standard InChI is InChI=1S/C32H56N2O7/c1-23(35)26-19-24(11-13-27(26)33)12-14-28(36)34-16-10-17-39-21-25(32(8,9)41-22-30(4,5)38)20-31(6,7)40-18-15-29(2,3)37/h11,13,19,25,37-38H,10,12,14-18,20-22,33H2,1-9H3,(H,34,36). The second-order valence-corrected chi connectivity index (χ2v) is 13.5. The van der Waals surface area contributed by atoms with Crippen LogP contribution in [0, 0.1) is 5.92 Å². The topological polar surface area (TPSA) is 140 Å². The van der Waals surface area contributed by atoms with Crippen molar-refractivity contribution in [2.24, 2.45) is 5.92 Å². The van der Waals surface area contributed by atoms with Crippen molar-refractivity contribution >= 4 is 17.4 Å². The molecule has 0 saturated heterocycles. The van der Waals surface area contributed by atoms with E-state index in [9.17, 15) is 19.8 Å². The molecule has 9 nitrogen and oxygen atoms in total. The molecule has 1 aromatic carbocycles. The number of nitrogen functional groups attached to an aromatic ring is 1. The van der Waals surface area contributed by atoms with Gasteiger partial charge in [0.05, 0.1) is 42.2 Å². The lowest BCUT2D eigenvalue weighted by atomic mass is 9.82. The van der Waals surface area contributed by atoms with Crippen LogP contribution >= 0.6 is 0 Å². The molecule has 0 fully saturated rings. The van der Waals surface area contributed by atoms with Gasteiger partial charge in [-0.05, 0) is 106 Å². The van der Waals surface area contributed by atoms with Crippen LogP contribution in [0.3, 0.4) is 0 Å². The van der Waals surface area contributed by atoms with Gasteiger partial charge in [0.15, 0.2) is 5.78 Å².